The van der Waals surface area contributed by atoms with E-state index >= 15 is 0 Å². The summed E-state index contributed by atoms with van der Waals surface area (Å²) in [5.74, 6) is 0.280. The number of benzene rings is 1. The number of primary amides is 2. The normalized spacial score (nSPS) is 12.0. The van der Waals surface area contributed by atoms with Crippen molar-refractivity contribution in [3.05, 3.63) is 23.3 Å². The predicted octanol–water partition coefficient (Wildman–Crippen LogP) is 3.27. The molecule has 0 unspecified atom stereocenters. The maximum Gasteiger partial charge on any atom is 0.217 e. The van der Waals surface area contributed by atoms with E-state index in [2.05, 4.69) is 13.8 Å². The first-order valence-corrected chi connectivity index (χ1v) is 9.39. The van der Waals surface area contributed by atoms with Crippen molar-refractivity contribution in [2.24, 2.45) is 11.5 Å². The Hall–Kier alpha value is -2.24. The van der Waals surface area contributed by atoms with Crippen LogP contribution in [-0.2, 0) is 20.4 Å². The second kappa shape index (κ2) is 9.11. The zero-order valence-corrected chi connectivity index (χ0v) is 17.2. The summed E-state index contributed by atoms with van der Waals surface area (Å²) in [5, 5.41) is 10.7. The molecule has 152 valence electrons. The van der Waals surface area contributed by atoms with Crippen LogP contribution in [0.3, 0.4) is 0 Å². The summed E-state index contributed by atoms with van der Waals surface area (Å²) in [4.78, 5) is 22.0. The summed E-state index contributed by atoms with van der Waals surface area (Å²) in [6.45, 7) is 8.17. The van der Waals surface area contributed by atoms with Gasteiger partial charge in [-0.3, -0.25) is 9.59 Å². The molecule has 0 bridgehead atoms. The lowest BCUT2D eigenvalue weighted by Gasteiger charge is -2.31. The highest BCUT2D eigenvalue weighted by Gasteiger charge is 2.30. The number of methoxy groups -OCH3 is 1. The Balaban J connectivity index is 3.13. The molecule has 0 radical (unpaired) electrons. The largest absolute Gasteiger partial charge is 0.508 e. The third kappa shape index (κ3) is 6.45. The summed E-state index contributed by atoms with van der Waals surface area (Å²) in [6, 6.07) is 3.64. The number of hydrogen-bond acceptors (Lipinski definition) is 4. The van der Waals surface area contributed by atoms with Gasteiger partial charge in [0.25, 0.3) is 0 Å². The molecule has 0 aliphatic rings. The molecule has 0 saturated heterocycles. The van der Waals surface area contributed by atoms with Crippen molar-refractivity contribution in [1.82, 2.24) is 0 Å². The Morgan fingerprint density at radius 1 is 0.926 bits per heavy atom. The number of carbonyl (C=O) groups is 2. The van der Waals surface area contributed by atoms with Gasteiger partial charge in [-0.1, -0.05) is 27.7 Å². The fraction of sp³-hybridized carbons (Fsp3) is 0.619. The molecular weight excluding hydrogens is 344 g/mol. The van der Waals surface area contributed by atoms with Crippen molar-refractivity contribution in [2.75, 3.05) is 7.11 Å². The molecule has 6 nitrogen and oxygen atoms in total. The van der Waals surface area contributed by atoms with E-state index in [9.17, 15) is 14.7 Å². The van der Waals surface area contributed by atoms with Gasteiger partial charge in [-0.15, -0.1) is 0 Å². The van der Waals surface area contributed by atoms with Gasteiger partial charge < -0.3 is 21.3 Å². The molecule has 5 N–H and O–H groups in total. The van der Waals surface area contributed by atoms with Gasteiger partial charge in [-0.05, 0) is 48.6 Å². The lowest BCUT2D eigenvalue weighted by molar-refractivity contribution is -0.119. The third-order valence-corrected chi connectivity index (χ3v) is 5.23. The molecule has 1 rings (SSSR count). The topological polar surface area (TPSA) is 116 Å². The zero-order chi connectivity index (χ0) is 20.8. The predicted molar refractivity (Wildman–Crippen MR) is 107 cm³/mol. The first-order chi connectivity index (χ1) is 12.4. The van der Waals surface area contributed by atoms with E-state index in [1.807, 2.05) is 19.9 Å². The lowest BCUT2D eigenvalue weighted by Crippen LogP contribution is -2.22. The standard InChI is InChI=1S/C21H34N2O4/c1-20(2,10-6-8-18(22)25)14-13-17(27-5)15(12-16(14)24)21(3,4)11-7-9-19(23)26/h12-13,24H,6-11H2,1-5H3,(H2,22,25)(H2,23,26). The van der Waals surface area contributed by atoms with Gasteiger partial charge in [0, 0.05) is 24.0 Å². The number of phenols is 1. The summed E-state index contributed by atoms with van der Waals surface area (Å²) >= 11 is 0. The number of aromatic hydroxyl groups is 1. The average Bonchev–Trinajstić information content (AvgIpc) is 2.53. The van der Waals surface area contributed by atoms with Crippen molar-refractivity contribution < 1.29 is 19.4 Å². The molecule has 0 fully saturated rings. The smallest absolute Gasteiger partial charge is 0.217 e. The Morgan fingerprint density at radius 3 is 1.78 bits per heavy atom. The Labute approximate surface area is 162 Å². The number of ether oxygens (including phenoxy) is 1. The van der Waals surface area contributed by atoms with Gasteiger partial charge in [-0.2, -0.15) is 0 Å². The Kier molecular flexibility index (Phi) is 7.69. The molecule has 1 aromatic rings. The van der Waals surface area contributed by atoms with Gasteiger partial charge in [-0.25, -0.2) is 0 Å². The minimum Gasteiger partial charge on any atom is -0.508 e. The third-order valence-electron chi connectivity index (χ3n) is 5.23. The van der Waals surface area contributed by atoms with E-state index in [0.29, 0.717) is 37.9 Å². The van der Waals surface area contributed by atoms with Crippen LogP contribution < -0.4 is 16.2 Å². The van der Waals surface area contributed by atoms with Crippen LogP contribution in [-0.4, -0.2) is 24.0 Å². The second-order valence-corrected chi connectivity index (χ2v) is 8.48. The summed E-state index contributed by atoms with van der Waals surface area (Å²) in [6.07, 6.45) is 3.45. The molecule has 0 aliphatic carbocycles. The summed E-state index contributed by atoms with van der Waals surface area (Å²) in [5.41, 5.74) is 11.5. The van der Waals surface area contributed by atoms with Crippen LogP contribution in [0.2, 0.25) is 0 Å². The van der Waals surface area contributed by atoms with Gasteiger partial charge in [0.2, 0.25) is 11.8 Å². The highest BCUT2D eigenvalue weighted by atomic mass is 16.5. The van der Waals surface area contributed by atoms with E-state index in [0.717, 1.165) is 17.5 Å². The molecule has 0 aromatic heterocycles. The molecule has 0 aliphatic heterocycles. The maximum absolute atomic E-state index is 11.0. The molecule has 0 spiro atoms. The molecule has 1 aromatic carbocycles. The minimum atomic E-state index is -0.332. The molecule has 0 atom stereocenters. The van der Waals surface area contributed by atoms with Crippen LogP contribution in [0, 0.1) is 0 Å². The molecule has 2 amide bonds. The van der Waals surface area contributed by atoms with Crippen LogP contribution >= 0.6 is 0 Å². The minimum absolute atomic E-state index is 0.206. The van der Waals surface area contributed by atoms with Crippen molar-refractivity contribution in [3.63, 3.8) is 0 Å². The van der Waals surface area contributed by atoms with Crippen LogP contribution in [0.25, 0.3) is 0 Å². The molecular formula is C21H34N2O4. The average molecular weight is 379 g/mol. The fourth-order valence-corrected chi connectivity index (χ4v) is 3.49. The van der Waals surface area contributed by atoms with E-state index in [1.54, 1.807) is 13.2 Å². The van der Waals surface area contributed by atoms with Crippen molar-refractivity contribution >= 4 is 11.8 Å². The van der Waals surface area contributed by atoms with Crippen molar-refractivity contribution in [2.45, 2.75) is 77.0 Å². The van der Waals surface area contributed by atoms with Gasteiger partial charge in [0.15, 0.2) is 0 Å². The van der Waals surface area contributed by atoms with Crippen LogP contribution in [0.15, 0.2) is 12.1 Å². The number of amides is 2. The fourth-order valence-electron chi connectivity index (χ4n) is 3.49. The van der Waals surface area contributed by atoms with E-state index in [1.165, 1.54) is 0 Å². The highest BCUT2D eigenvalue weighted by Crippen LogP contribution is 2.43. The first kappa shape index (κ1) is 22.8. The number of rotatable bonds is 11. The van der Waals surface area contributed by atoms with Crippen LogP contribution in [0.4, 0.5) is 0 Å². The van der Waals surface area contributed by atoms with Gasteiger partial charge in [0.1, 0.15) is 11.5 Å². The lowest BCUT2D eigenvalue weighted by atomic mass is 9.75. The summed E-state index contributed by atoms with van der Waals surface area (Å²) < 4.78 is 5.62. The SMILES string of the molecule is COc1cc(C(C)(C)CCCC(N)=O)c(O)cc1C(C)(C)CCCC(N)=O. The van der Waals surface area contributed by atoms with E-state index < -0.39 is 0 Å². The number of nitrogens with two attached hydrogens (primary N) is 2. The quantitative estimate of drug-likeness (QED) is 0.548. The molecule has 27 heavy (non-hydrogen) atoms. The Bertz CT molecular complexity index is 681. The number of hydrogen-bond donors (Lipinski definition) is 3. The highest BCUT2D eigenvalue weighted by molar-refractivity contribution is 5.74. The monoisotopic (exact) mass is 378 g/mol. The number of phenolic OH excluding ortho intramolecular Hbond substituents is 1. The molecule has 0 saturated carbocycles. The van der Waals surface area contributed by atoms with Gasteiger partial charge in [0.05, 0.1) is 7.11 Å². The zero-order valence-electron chi connectivity index (χ0n) is 17.2. The number of carbonyl (C=O) groups excluding carboxylic acids is 2. The van der Waals surface area contributed by atoms with Crippen LogP contribution in [0.1, 0.15) is 77.3 Å². The Morgan fingerprint density at radius 2 is 1.37 bits per heavy atom. The summed E-state index contributed by atoms with van der Waals surface area (Å²) in [7, 11) is 1.61. The molecule has 6 heteroatoms. The first-order valence-electron chi connectivity index (χ1n) is 9.39. The second-order valence-electron chi connectivity index (χ2n) is 8.48. The van der Waals surface area contributed by atoms with Crippen molar-refractivity contribution in [1.29, 1.82) is 0 Å². The molecule has 0 heterocycles. The maximum atomic E-state index is 11.0. The van der Waals surface area contributed by atoms with E-state index in [-0.39, 0.29) is 28.4 Å². The van der Waals surface area contributed by atoms with Crippen LogP contribution in [0.5, 0.6) is 11.5 Å². The van der Waals surface area contributed by atoms with Gasteiger partial charge >= 0.3 is 0 Å². The van der Waals surface area contributed by atoms with E-state index in [4.69, 9.17) is 16.2 Å². The van der Waals surface area contributed by atoms with Crippen molar-refractivity contribution in [3.8, 4) is 11.5 Å².